The topological polar surface area (TPSA) is 38.7 Å². The van der Waals surface area contributed by atoms with Gasteiger partial charge in [-0.2, -0.15) is 0 Å². The zero-order valence-corrected chi connectivity index (χ0v) is 14.5. The van der Waals surface area contributed by atoms with Crippen molar-refractivity contribution in [3.8, 4) is 0 Å². The minimum Gasteiger partial charge on any atom is -0.313 e. The van der Waals surface area contributed by atoms with Crippen molar-refractivity contribution in [3.05, 3.63) is 48.0 Å². The maximum Gasteiger partial charge on any atom is 0.366 e. The number of fused-ring (bicyclic) bond motifs is 3. The lowest BCUT2D eigenvalue weighted by molar-refractivity contribution is 0.0510. The third-order valence-corrected chi connectivity index (χ3v) is 6.76. The van der Waals surface area contributed by atoms with Crippen LogP contribution in [-0.2, 0) is 4.84 Å². The summed E-state index contributed by atoms with van der Waals surface area (Å²) in [5.74, 6) is 0.279. The molecular weight excluding hydrogens is 298 g/mol. The average Bonchev–Trinajstić information content (AvgIpc) is 2.92. The van der Waals surface area contributed by atoms with E-state index in [4.69, 9.17) is 4.84 Å². The second-order valence-corrected chi connectivity index (χ2v) is 7.94. The Labute approximate surface area is 142 Å². The molecule has 2 aliphatic carbocycles. The van der Waals surface area contributed by atoms with Gasteiger partial charge in [0.05, 0.1) is 11.3 Å². The van der Waals surface area contributed by atoms with Crippen molar-refractivity contribution in [3.63, 3.8) is 0 Å². The Hall–Kier alpha value is -2.16. The molecule has 3 nitrogen and oxygen atoms in total. The molecule has 0 N–H and O–H groups in total. The molecule has 0 amide bonds. The number of hydrogen-bond donors (Lipinski definition) is 0. The molecule has 124 valence electrons. The normalized spacial score (nSPS) is 29.3. The molecule has 24 heavy (non-hydrogen) atoms. The summed E-state index contributed by atoms with van der Waals surface area (Å²) in [5, 5.41) is 6.27. The Kier molecular flexibility index (Phi) is 3.31. The van der Waals surface area contributed by atoms with Crippen LogP contribution in [-0.4, -0.2) is 11.7 Å². The largest absolute Gasteiger partial charge is 0.366 e. The molecule has 0 heterocycles. The number of carbonyl (C=O) groups is 1. The van der Waals surface area contributed by atoms with Crippen LogP contribution in [0, 0.1) is 16.7 Å². The molecule has 2 atom stereocenters. The van der Waals surface area contributed by atoms with Gasteiger partial charge in [0.15, 0.2) is 0 Å². The lowest BCUT2D eigenvalue weighted by atomic mass is 9.70. The van der Waals surface area contributed by atoms with E-state index in [1.54, 1.807) is 6.07 Å². The molecule has 0 aromatic heterocycles. The number of nitrogens with zero attached hydrogens (tertiary/aromatic N) is 1. The van der Waals surface area contributed by atoms with Crippen molar-refractivity contribution >= 4 is 22.5 Å². The van der Waals surface area contributed by atoms with Gasteiger partial charge in [-0.25, -0.2) is 4.79 Å². The van der Waals surface area contributed by atoms with Gasteiger partial charge in [0.2, 0.25) is 0 Å². The smallest absolute Gasteiger partial charge is 0.313 e. The number of oxime groups is 1. The molecule has 0 radical (unpaired) electrons. The van der Waals surface area contributed by atoms with Crippen LogP contribution in [0.5, 0.6) is 0 Å². The van der Waals surface area contributed by atoms with Crippen LogP contribution >= 0.6 is 0 Å². The van der Waals surface area contributed by atoms with E-state index < -0.39 is 0 Å². The van der Waals surface area contributed by atoms with E-state index in [1.807, 2.05) is 36.4 Å². The quantitative estimate of drug-likeness (QED) is 0.563. The molecule has 2 aliphatic rings. The highest BCUT2D eigenvalue weighted by atomic mass is 16.7. The van der Waals surface area contributed by atoms with Crippen LogP contribution in [0.2, 0.25) is 0 Å². The Morgan fingerprint density at radius 3 is 2.58 bits per heavy atom. The molecule has 2 aromatic rings. The summed E-state index contributed by atoms with van der Waals surface area (Å²) in [5.41, 5.74) is 1.91. The van der Waals surface area contributed by atoms with Gasteiger partial charge in [-0.05, 0) is 47.4 Å². The summed E-state index contributed by atoms with van der Waals surface area (Å²) in [6, 6.07) is 13.5. The fraction of sp³-hybridized carbons (Fsp3) is 0.429. The predicted octanol–water partition coefficient (Wildman–Crippen LogP) is 5.20. The van der Waals surface area contributed by atoms with E-state index in [1.165, 1.54) is 6.42 Å². The van der Waals surface area contributed by atoms with E-state index >= 15 is 0 Å². The first-order valence-corrected chi connectivity index (χ1v) is 8.70. The van der Waals surface area contributed by atoms with Gasteiger partial charge >= 0.3 is 5.97 Å². The Morgan fingerprint density at radius 2 is 1.88 bits per heavy atom. The summed E-state index contributed by atoms with van der Waals surface area (Å²) in [6.07, 6.45) is 3.33. The summed E-state index contributed by atoms with van der Waals surface area (Å²) in [7, 11) is 0. The van der Waals surface area contributed by atoms with Crippen molar-refractivity contribution in [2.24, 2.45) is 21.9 Å². The lowest BCUT2D eigenvalue weighted by Gasteiger charge is -2.34. The first-order chi connectivity index (χ1) is 11.4. The van der Waals surface area contributed by atoms with Crippen molar-refractivity contribution < 1.29 is 9.63 Å². The molecular formula is C21H23NO2. The van der Waals surface area contributed by atoms with Crippen LogP contribution < -0.4 is 0 Å². The summed E-state index contributed by atoms with van der Waals surface area (Å²) >= 11 is 0. The molecule has 2 aromatic carbocycles. The molecule has 2 bridgehead atoms. The summed E-state index contributed by atoms with van der Waals surface area (Å²) < 4.78 is 0. The second-order valence-electron chi connectivity index (χ2n) is 7.94. The minimum atomic E-state index is -0.372. The minimum absolute atomic E-state index is 0.0523. The number of rotatable bonds is 2. The monoisotopic (exact) mass is 321 g/mol. The molecule has 2 unspecified atom stereocenters. The van der Waals surface area contributed by atoms with Crippen LogP contribution in [0.1, 0.15) is 50.4 Å². The molecule has 0 saturated heterocycles. The number of hydrogen-bond acceptors (Lipinski definition) is 3. The van der Waals surface area contributed by atoms with Crippen molar-refractivity contribution in [2.75, 3.05) is 0 Å². The summed E-state index contributed by atoms with van der Waals surface area (Å²) in [4.78, 5) is 17.9. The van der Waals surface area contributed by atoms with Crippen molar-refractivity contribution in [1.29, 1.82) is 0 Å². The highest BCUT2D eigenvalue weighted by molar-refractivity contribution is 6.04. The Bertz CT molecular complexity index is 847. The highest BCUT2D eigenvalue weighted by Crippen LogP contribution is 2.64. The number of carbonyl (C=O) groups excluding carboxylic acids is 1. The molecule has 0 spiro atoms. The van der Waals surface area contributed by atoms with E-state index in [0.717, 1.165) is 29.3 Å². The van der Waals surface area contributed by atoms with Crippen molar-refractivity contribution in [2.45, 2.75) is 40.0 Å². The van der Waals surface area contributed by atoms with Crippen molar-refractivity contribution in [1.82, 2.24) is 0 Å². The van der Waals surface area contributed by atoms with E-state index in [9.17, 15) is 4.79 Å². The van der Waals surface area contributed by atoms with Gasteiger partial charge in [0.25, 0.3) is 0 Å². The predicted molar refractivity (Wildman–Crippen MR) is 96.0 cm³/mol. The standard InChI is InChI=1S/C21H23NO2/c1-20(2)15-11-12-21(20,3)18(13-15)22-24-19(23)17-10-6-8-14-7-4-5-9-16(14)17/h4-10,15H,11-13H2,1-3H3. The molecule has 3 heteroatoms. The van der Waals surface area contributed by atoms with E-state index in [0.29, 0.717) is 11.5 Å². The van der Waals surface area contributed by atoms with Gasteiger partial charge in [0.1, 0.15) is 0 Å². The van der Waals surface area contributed by atoms with Gasteiger partial charge in [-0.3, -0.25) is 0 Å². The Balaban J connectivity index is 1.62. The lowest BCUT2D eigenvalue weighted by Crippen LogP contribution is -2.32. The zero-order valence-electron chi connectivity index (χ0n) is 14.5. The zero-order chi connectivity index (χ0) is 16.9. The van der Waals surface area contributed by atoms with Gasteiger partial charge in [-0.1, -0.05) is 62.3 Å². The van der Waals surface area contributed by atoms with E-state index in [-0.39, 0.29) is 16.8 Å². The highest BCUT2D eigenvalue weighted by Gasteiger charge is 2.60. The van der Waals surface area contributed by atoms with Crippen LogP contribution in [0.15, 0.2) is 47.6 Å². The molecule has 2 saturated carbocycles. The molecule has 0 aliphatic heterocycles. The SMILES string of the molecule is CC12CCC(CC1=NOC(=O)c1cccc3ccccc13)C2(C)C. The third-order valence-electron chi connectivity index (χ3n) is 6.76. The Morgan fingerprint density at radius 1 is 1.12 bits per heavy atom. The fourth-order valence-electron chi connectivity index (χ4n) is 4.62. The third kappa shape index (κ3) is 2.03. The van der Waals surface area contributed by atoms with Gasteiger partial charge in [-0.15, -0.1) is 0 Å². The molecule has 2 fully saturated rings. The first-order valence-electron chi connectivity index (χ1n) is 8.70. The maximum absolute atomic E-state index is 12.6. The van der Waals surface area contributed by atoms with Gasteiger partial charge < -0.3 is 4.84 Å². The second kappa shape index (κ2) is 5.17. The van der Waals surface area contributed by atoms with Gasteiger partial charge in [0, 0.05) is 5.41 Å². The average molecular weight is 321 g/mol. The van der Waals surface area contributed by atoms with Crippen LogP contribution in [0.3, 0.4) is 0 Å². The maximum atomic E-state index is 12.6. The summed E-state index contributed by atoms with van der Waals surface area (Å²) in [6.45, 7) is 6.91. The fourth-order valence-corrected chi connectivity index (χ4v) is 4.62. The van der Waals surface area contributed by atoms with E-state index in [2.05, 4.69) is 25.9 Å². The number of benzene rings is 2. The first kappa shape index (κ1) is 15.4. The van der Waals surface area contributed by atoms with Crippen LogP contribution in [0.25, 0.3) is 10.8 Å². The van der Waals surface area contributed by atoms with Crippen LogP contribution in [0.4, 0.5) is 0 Å². The molecule has 4 rings (SSSR count).